The van der Waals surface area contributed by atoms with Crippen LogP contribution in [0.5, 0.6) is 0 Å². The van der Waals surface area contributed by atoms with Crippen LogP contribution < -0.4 is 0 Å². The molecule has 1 aromatic heterocycles. The van der Waals surface area contributed by atoms with E-state index in [1.165, 1.54) is 57.9 Å². The van der Waals surface area contributed by atoms with Crippen molar-refractivity contribution in [2.75, 3.05) is 0 Å². The van der Waals surface area contributed by atoms with Gasteiger partial charge in [0.2, 0.25) is 0 Å². The number of nitrogens with zero attached hydrogens (tertiary/aromatic N) is 1. The molecular formula is C40H51F3IrNO2-. The number of aliphatic hydroxyl groups excluding tert-OH is 1. The van der Waals surface area contributed by atoms with Gasteiger partial charge in [-0.25, -0.2) is 0 Å². The first-order chi connectivity index (χ1) is 21.5. The number of halogens is 3. The Balaban J connectivity index is 0.000000284. The van der Waals surface area contributed by atoms with Crippen molar-refractivity contribution in [1.82, 2.24) is 4.98 Å². The number of ketones is 1. The average Bonchev–Trinajstić information content (AvgIpc) is 3.00. The Morgan fingerprint density at radius 3 is 2.06 bits per heavy atom. The summed E-state index contributed by atoms with van der Waals surface area (Å²) in [4.78, 5) is 16.6. The number of hydrogen-bond donors (Lipinski definition) is 1. The Hall–Kier alpha value is -2.50. The molecule has 47 heavy (non-hydrogen) atoms. The molecule has 2 aliphatic carbocycles. The molecule has 7 heteroatoms. The van der Waals surface area contributed by atoms with E-state index in [2.05, 4.69) is 44.0 Å². The summed E-state index contributed by atoms with van der Waals surface area (Å²) in [6.07, 6.45) is 10.4. The molecule has 0 atom stereocenters. The fourth-order valence-corrected chi connectivity index (χ4v) is 6.61. The molecule has 0 saturated heterocycles. The molecule has 0 aliphatic heterocycles. The van der Waals surface area contributed by atoms with Crippen molar-refractivity contribution in [3.8, 4) is 11.3 Å². The number of carbonyl (C=O) groups is 1. The van der Waals surface area contributed by atoms with Crippen molar-refractivity contribution in [3.05, 3.63) is 77.2 Å². The summed E-state index contributed by atoms with van der Waals surface area (Å²) in [6, 6.07) is 15.0. The molecular weight excluding hydrogens is 776 g/mol. The fourth-order valence-electron chi connectivity index (χ4n) is 6.61. The first-order valence-electron chi connectivity index (χ1n) is 17.0. The minimum atomic E-state index is -4.24. The van der Waals surface area contributed by atoms with E-state index in [0.717, 1.165) is 53.3 Å². The zero-order chi connectivity index (χ0) is 33.7. The number of pyridine rings is 1. The van der Waals surface area contributed by atoms with Gasteiger partial charge in [0.25, 0.3) is 0 Å². The summed E-state index contributed by atoms with van der Waals surface area (Å²) in [6.45, 7) is 11.0. The number of fused-ring (bicyclic) bond motifs is 1. The van der Waals surface area contributed by atoms with E-state index in [1.807, 2.05) is 25.1 Å². The van der Waals surface area contributed by atoms with Gasteiger partial charge >= 0.3 is 6.18 Å². The number of hydrogen-bond acceptors (Lipinski definition) is 3. The van der Waals surface area contributed by atoms with Gasteiger partial charge in [-0.15, -0.1) is 34.9 Å². The van der Waals surface area contributed by atoms with Gasteiger partial charge in [0, 0.05) is 44.2 Å². The van der Waals surface area contributed by atoms with E-state index < -0.39 is 11.6 Å². The SMILES string of the molecule is Cc1[c-]c(-c2nccc3cc(CC(C)(C)C(F)(F)F)ccc23)cc(C(C)(C)C)c1.O=C(/C=C(\O)C1CCCCC1)C1CCCCC1.[Ir]. The van der Waals surface area contributed by atoms with E-state index >= 15 is 0 Å². The second-order valence-electron chi connectivity index (χ2n) is 15.1. The summed E-state index contributed by atoms with van der Waals surface area (Å²) in [7, 11) is 0. The van der Waals surface area contributed by atoms with E-state index in [1.54, 1.807) is 18.3 Å². The number of alkyl halides is 3. The molecule has 3 aromatic rings. The third kappa shape index (κ3) is 10.5. The van der Waals surface area contributed by atoms with Crippen molar-refractivity contribution in [3.63, 3.8) is 0 Å². The number of rotatable bonds is 6. The van der Waals surface area contributed by atoms with Crippen LogP contribution in [0.1, 0.15) is 116 Å². The molecule has 1 radical (unpaired) electrons. The van der Waals surface area contributed by atoms with E-state index in [4.69, 9.17) is 0 Å². The molecule has 259 valence electrons. The van der Waals surface area contributed by atoms with Crippen molar-refractivity contribution in [1.29, 1.82) is 0 Å². The Bertz CT molecular complexity index is 1520. The minimum absolute atomic E-state index is 0. The van der Waals surface area contributed by atoms with Gasteiger partial charge in [-0.05, 0) is 65.6 Å². The van der Waals surface area contributed by atoms with Crippen molar-refractivity contribution in [2.45, 2.75) is 124 Å². The second-order valence-corrected chi connectivity index (χ2v) is 15.1. The molecule has 5 rings (SSSR count). The van der Waals surface area contributed by atoms with Crippen LogP contribution in [0, 0.1) is 30.2 Å². The molecule has 0 amide bonds. The summed E-state index contributed by atoms with van der Waals surface area (Å²) >= 11 is 0. The molecule has 0 unspecified atom stereocenters. The van der Waals surface area contributed by atoms with Gasteiger partial charge < -0.3 is 10.1 Å². The molecule has 2 aromatic carbocycles. The summed E-state index contributed by atoms with van der Waals surface area (Å²) in [5.41, 5.74) is 2.83. The Morgan fingerprint density at radius 1 is 0.894 bits per heavy atom. The quantitative estimate of drug-likeness (QED) is 0.153. The number of aliphatic hydroxyl groups is 1. The number of carbonyl (C=O) groups excluding carboxylic acids is 1. The Labute approximate surface area is 293 Å². The van der Waals surface area contributed by atoms with Gasteiger partial charge in [-0.1, -0.05) is 98.3 Å². The van der Waals surface area contributed by atoms with E-state index in [0.29, 0.717) is 11.3 Å². The second kappa shape index (κ2) is 16.3. The summed E-state index contributed by atoms with van der Waals surface area (Å²) < 4.78 is 39.8. The van der Waals surface area contributed by atoms with Gasteiger partial charge in [0.15, 0.2) is 5.78 Å². The molecule has 0 spiro atoms. The Kier molecular flexibility index (Phi) is 13.5. The molecule has 2 aliphatic rings. The smallest absolute Gasteiger partial charge is 0.394 e. The van der Waals surface area contributed by atoms with Crippen molar-refractivity contribution < 1.29 is 43.2 Å². The third-order valence-corrected chi connectivity index (χ3v) is 9.69. The minimum Gasteiger partial charge on any atom is -0.512 e. The molecule has 0 bridgehead atoms. The van der Waals surface area contributed by atoms with Crippen molar-refractivity contribution in [2.24, 2.45) is 17.3 Å². The maximum absolute atomic E-state index is 13.3. The summed E-state index contributed by atoms with van der Waals surface area (Å²) in [5.74, 6) is 0.985. The fraction of sp³-hybridized carbons (Fsp3) is 0.550. The van der Waals surface area contributed by atoms with Crippen LogP contribution in [-0.2, 0) is 36.7 Å². The maximum atomic E-state index is 13.3. The average molecular weight is 827 g/mol. The normalized spacial score (nSPS) is 17.1. The maximum Gasteiger partial charge on any atom is 0.394 e. The molecule has 2 fully saturated rings. The number of allylic oxidation sites excluding steroid dienone is 2. The first-order valence-corrected chi connectivity index (χ1v) is 17.0. The molecule has 2 saturated carbocycles. The van der Waals surface area contributed by atoms with Crippen LogP contribution in [-0.4, -0.2) is 22.1 Å². The predicted octanol–water partition coefficient (Wildman–Crippen LogP) is 11.6. The predicted molar refractivity (Wildman–Crippen MR) is 182 cm³/mol. The molecule has 3 nitrogen and oxygen atoms in total. The van der Waals surface area contributed by atoms with E-state index in [9.17, 15) is 23.1 Å². The molecule has 1 heterocycles. The third-order valence-electron chi connectivity index (χ3n) is 9.69. The van der Waals surface area contributed by atoms with Gasteiger partial charge in [-0.2, -0.15) is 13.2 Å². The van der Waals surface area contributed by atoms with Gasteiger partial charge in [0.05, 0.1) is 11.2 Å². The number of aromatic nitrogens is 1. The van der Waals surface area contributed by atoms with E-state index in [-0.39, 0.29) is 49.6 Å². The zero-order valence-corrected chi connectivity index (χ0v) is 31.2. The van der Waals surface area contributed by atoms with Gasteiger partial charge in [0.1, 0.15) is 0 Å². The number of aryl methyl sites for hydroxylation is 1. The molecule has 1 N–H and O–H groups in total. The van der Waals surface area contributed by atoms with Crippen LogP contribution >= 0.6 is 0 Å². The van der Waals surface area contributed by atoms with Gasteiger partial charge in [-0.3, -0.25) is 4.79 Å². The number of benzene rings is 2. The summed E-state index contributed by atoms with van der Waals surface area (Å²) in [5, 5.41) is 11.8. The zero-order valence-electron chi connectivity index (χ0n) is 28.8. The van der Waals surface area contributed by atoms with Crippen molar-refractivity contribution >= 4 is 16.6 Å². The first kappa shape index (κ1) is 38.9. The van der Waals surface area contributed by atoms with Crippen LogP contribution in [0.2, 0.25) is 0 Å². The standard InChI is InChI=1S/C25H27F3N.C15H24O2.Ir/c1-16-11-19(14-20(12-16)23(2,3)4)22-21-8-7-17(13-18(21)9-10-29-22)15-24(5,6)25(26,27)28;16-14(12-7-3-1-4-8-12)11-15(17)13-9-5-2-6-10-13;/h7-10,12-14H,15H2,1-6H3;11-13,16H,1-10H2;/q-1;;/b;14-11-;. The largest absolute Gasteiger partial charge is 0.512 e. The Morgan fingerprint density at radius 2 is 1.49 bits per heavy atom. The van der Waals surface area contributed by atoms with Crippen LogP contribution in [0.4, 0.5) is 13.2 Å². The topological polar surface area (TPSA) is 50.2 Å². The monoisotopic (exact) mass is 827 g/mol. The van der Waals surface area contributed by atoms with Crippen LogP contribution in [0.3, 0.4) is 0 Å². The van der Waals surface area contributed by atoms with Crippen LogP contribution in [0.25, 0.3) is 22.0 Å². The van der Waals surface area contributed by atoms with Crippen LogP contribution in [0.15, 0.2) is 54.4 Å².